The van der Waals surface area contributed by atoms with Crippen molar-refractivity contribution in [3.8, 4) is 0 Å². The molecule has 1 aliphatic heterocycles. The van der Waals surface area contributed by atoms with Crippen molar-refractivity contribution in [3.05, 3.63) is 10.4 Å². The molecule has 0 spiro atoms. The molecule has 6 nitrogen and oxygen atoms in total. The van der Waals surface area contributed by atoms with E-state index in [1.165, 1.54) is 0 Å². The smallest absolute Gasteiger partial charge is 0.163 e. The molecule has 1 fully saturated rings. The molecule has 0 bridgehead atoms. The fourth-order valence-electron chi connectivity index (χ4n) is 1.52. The first-order valence-electron chi connectivity index (χ1n) is 5.73. The van der Waals surface area contributed by atoms with Crippen LogP contribution in [-0.2, 0) is 14.2 Å². The summed E-state index contributed by atoms with van der Waals surface area (Å²) in [6.07, 6.45) is -0.247. The summed E-state index contributed by atoms with van der Waals surface area (Å²) in [6.45, 7) is 10.3. The van der Waals surface area contributed by atoms with Gasteiger partial charge in [-0.15, -0.1) is 0 Å². The van der Waals surface area contributed by atoms with E-state index in [4.69, 9.17) is 19.7 Å². The molecule has 17 heavy (non-hydrogen) atoms. The van der Waals surface area contributed by atoms with Crippen LogP contribution in [0.3, 0.4) is 0 Å². The summed E-state index contributed by atoms with van der Waals surface area (Å²) < 4.78 is 16.7. The molecule has 0 saturated carbocycles. The Bertz CT molecular complexity index is 306. The summed E-state index contributed by atoms with van der Waals surface area (Å²) >= 11 is 0. The van der Waals surface area contributed by atoms with Crippen LogP contribution in [0.25, 0.3) is 10.4 Å². The van der Waals surface area contributed by atoms with Gasteiger partial charge in [0, 0.05) is 4.91 Å². The third kappa shape index (κ3) is 4.91. The Balaban J connectivity index is 2.58. The number of hydrogen-bond acceptors (Lipinski definition) is 4. The maximum Gasteiger partial charge on any atom is 0.163 e. The average molecular weight is 243 g/mol. The van der Waals surface area contributed by atoms with Gasteiger partial charge in [0.1, 0.15) is 0 Å². The lowest BCUT2D eigenvalue weighted by Gasteiger charge is -2.25. The van der Waals surface area contributed by atoms with E-state index in [0.29, 0.717) is 13.2 Å². The normalized spacial score (nSPS) is 25.4. The number of azide groups is 1. The minimum absolute atomic E-state index is 0.247. The van der Waals surface area contributed by atoms with Crippen LogP contribution < -0.4 is 0 Å². The van der Waals surface area contributed by atoms with E-state index < -0.39 is 5.79 Å². The first-order chi connectivity index (χ1) is 7.73. The predicted octanol–water partition coefficient (Wildman–Crippen LogP) is 2.63. The van der Waals surface area contributed by atoms with Gasteiger partial charge in [-0.1, -0.05) is 5.11 Å². The van der Waals surface area contributed by atoms with Crippen LogP contribution in [0.15, 0.2) is 5.11 Å². The molecule has 1 saturated heterocycles. The summed E-state index contributed by atoms with van der Waals surface area (Å²) in [5, 5.41) is 3.73. The first kappa shape index (κ1) is 14.3. The second-order valence-corrected chi connectivity index (χ2v) is 5.56. The van der Waals surface area contributed by atoms with Gasteiger partial charge in [-0.2, -0.15) is 0 Å². The van der Waals surface area contributed by atoms with Crippen LogP contribution in [0.4, 0.5) is 0 Å². The van der Waals surface area contributed by atoms with Crippen LogP contribution in [0.5, 0.6) is 0 Å². The SMILES string of the molecule is CC(C)(C)OC[C@@H](N=[N+]=[N-])[C@@H]1COC(C)(C)O1. The highest BCUT2D eigenvalue weighted by Gasteiger charge is 2.37. The number of ether oxygens (including phenoxy) is 3. The van der Waals surface area contributed by atoms with Gasteiger partial charge >= 0.3 is 0 Å². The Morgan fingerprint density at radius 2 is 2.18 bits per heavy atom. The van der Waals surface area contributed by atoms with E-state index in [-0.39, 0.29) is 17.7 Å². The zero-order chi connectivity index (χ0) is 13.1. The van der Waals surface area contributed by atoms with E-state index in [1.54, 1.807) is 0 Å². The van der Waals surface area contributed by atoms with Crippen molar-refractivity contribution in [1.82, 2.24) is 0 Å². The van der Waals surface area contributed by atoms with Crippen LogP contribution in [-0.4, -0.2) is 36.7 Å². The Hall–Kier alpha value is -0.810. The van der Waals surface area contributed by atoms with Crippen LogP contribution in [0.2, 0.25) is 0 Å². The maximum atomic E-state index is 8.56. The standard InChI is InChI=1S/C11H21N3O3/c1-10(2,3)15-6-8(13-14-12)9-7-16-11(4,5)17-9/h8-9H,6-7H2,1-5H3/t8-,9+/m1/s1. The van der Waals surface area contributed by atoms with Crippen LogP contribution >= 0.6 is 0 Å². The second-order valence-electron chi connectivity index (χ2n) is 5.56. The Morgan fingerprint density at radius 1 is 1.53 bits per heavy atom. The molecule has 0 unspecified atom stereocenters. The summed E-state index contributed by atoms with van der Waals surface area (Å²) in [6, 6.07) is -0.360. The molecule has 0 N–H and O–H groups in total. The largest absolute Gasteiger partial charge is 0.375 e. The molecular formula is C11H21N3O3. The molecule has 2 atom stereocenters. The molecule has 1 aliphatic rings. The van der Waals surface area contributed by atoms with E-state index >= 15 is 0 Å². The van der Waals surface area contributed by atoms with Crippen molar-refractivity contribution in [3.63, 3.8) is 0 Å². The number of nitrogens with zero attached hydrogens (tertiary/aromatic N) is 3. The Labute approximate surface area is 102 Å². The molecule has 0 radical (unpaired) electrons. The lowest BCUT2D eigenvalue weighted by atomic mass is 10.1. The maximum absolute atomic E-state index is 8.56. The minimum atomic E-state index is -0.615. The predicted molar refractivity (Wildman–Crippen MR) is 63.5 cm³/mol. The fourth-order valence-corrected chi connectivity index (χ4v) is 1.52. The summed E-state index contributed by atoms with van der Waals surface area (Å²) in [5.74, 6) is -0.615. The van der Waals surface area contributed by atoms with Gasteiger partial charge in [-0.3, -0.25) is 0 Å². The van der Waals surface area contributed by atoms with Crippen LogP contribution in [0, 0.1) is 0 Å². The summed E-state index contributed by atoms with van der Waals surface area (Å²) in [4.78, 5) is 2.84. The first-order valence-corrected chi connectivity index (χ1v) is 5.73. The van der Waals surface area contributed by atoms with E-state index in [9.17, 15) is 0 Å². The molecule has 0 aromatic rings. The van der Waals surface area contributed by atoms with Crippen molar-refractivity contribution in [2.45, 2.75) is 58.2 Å². The fraction of sp³-hybridized carbons (Fsp3) is 1.00. The molecule has 1 heterocycles. The van der Waals surface area contributed by atoms with E-state index in [2.05, 4.69) is 10.0 Å². The topological polar surface area (TPSA) is 76.5 Å². The van der Waals surface area contributed by atoms with Crippen molar-refractivity contribution in [2.75, 3.05) is 13.2 Å². The van der Waals surface area contributed by atoms with E-state index in [0.717, 1.165) is 0 Å². The highest BCUT2D eigenvalue weighted by Crippen LogP contribution is 2.26. The molecule has 0 amide bonds. The van der Waals surface area contributed by atoms with Crippen molar-refractivity contribution in [2.24, 2.45) is 5.11 Å². The minimum Gasteiger partial charge on any atom is -0.375 e. The van der Waals surface area contributed by atoms with Gasteiger partial charge in [0.25, 0.3) is 0 Å². The Morgan fingerprint density at radius 3 is 2.59 bits per heavy atom. The number of rotatable bonds is 4. The molecular weight excluding hydrogens is 222 g/mol. The van der Waals surface area contributed by atoms with Gasteiger partial charge < -0.3 is 14.2 Å². The molecule has 98 valence electrons. The highest BCUT2D eigenvalue weighted by molar-refractivity contribution is 4.84. The summed E-state index contributed by atoms with van der Waals surface area (Å²) in [7, 11) is 0. The van der Waals surface area contributed by atoms with Gasteiger partial charge in [-0.25, -0.2) is 0 Å². The Kier molecular flexibility index (Phi) is 4.38. The molecule has 6 heteroatoms. The van der Waals surface area contributed by atoms with Crippen LogP contribution in [0.1, 0.15) is 34.6 Å². The summed E-state index contributed by atoms with van der Waals surface area (Å²) in [5.41, 5.74) is 8.30. The second kappa shape index (κ2) is 5.23. The highest BCUT2D eigenvalue weighted by atomic mass is 16.7. The third-order valence-corrected chi connectivity index (χ3v) is 2.35. The monoisotopic (exact) mass is 243 g/mol. The van der Waals surface area contributed by atoms with E-state index in [1.807, 2.05) is 34.6 Å². The molecule has 1 rings (SSSR count). The average Bonchev–Trinajstić information content (AvgIpc) is 2.52. The van der Waals surface area contributed by atoms with Crippen molar-refractivity contribution < 1.29 is 14.2 Å². The lowest BCUT2D eigenvalue weighted by Crippen LogP contribution is -2.35. The van der Waals surface area contributed by atoms with Crippen molar-refractivity contribution >= 4 is 0 Å². The van der Waals surface area contributed by atoms with Gasteiger partial charge in [0.05, 0.1) is 31.0 Å². The van der Waals surface area contributed by atoms with Gasteiger partial charge in [0.15, 0.2) is 5.79 Å². The number of hydrogen-bond donors (Lipinski definition) is 0. The zero-order valence-corrected chi connectivity index (χ0v) is 11.1. The lowest BCUT2D eigenvalue weighted by molar-refractivity contribution is -0.144. The molecule has 0 aromatic carbocycles. The van der Waals surface area contributed by atoms with Gasteiger partial charge in [-0.05, 0) is 40.1 Å². The van der Waals surface area contributed by atoms with Gasteiger partial charge in [0.2, 0.25) is 0 Å². The molecule has 0 aliphatic carbocycles. The molecule has 0 aromatic heterocycles. The quantitative estimate of drug-likeness (QED) is 0.432. The van der Waals surface area contributed by atoms with Crippen molar-refractivity contribution in [1.29, 1.82) is 0 Å². The zero-order valence-electron chi connectivity index (χ0n) is 11.1. The third-order valence-electron chi connectivity index (χ3n) is 2.35.